The smallest absolute Gasteiger partial charge is 0.254 e. The molecule has 0 atom stereocenters. The monoisotopic (exact) mass is 456 g/mol. The fourth-order valence-corrected chi connectivity index (χ4v) is 4.90. The van der Waals surface area contributed by atoms with Gasteiger partial charge in [0, 0.05) is 54.3 Å². The fraction of sp³-hybridized carbons (Fsp3) is 0.393. The zero-order valence-electron chi connectivity index (χ0n) is 20.0. The number of hydrogen-bond acceptors (Lipinski definition) is 5. The van der Waals surface area contributed by atoms with E-state index < -0.39 is 0 Å². The molecule has 0 bridgehead atoms. The van der Waals surface area contributed by atoms with Crippen LogP contribution in [0.5, 0.6) is 0 Å². The van der Waals surface area contributed by atoms with Crippen molar-refractivity contribution in [2.75, 3.05) is 37.7 Å². The SMILES string of the molecule is CC.O=C(c1ccc2c(c1)N(c1ncc(C3=CC=CCC=C3)cn1)CC21CC1)N1CCOCC1. The summed E-state index contributed by atoms with van der Waals surface area (Å²) >= 11 is 0. The van der Waals surface area contributed by atoms with Crippen LogP contribution < -0.4 is 4.90 Å². The quantitative estimate of drug-likeness (QED) is 0.646. The summed E-state index contributed by atoms with van der Waals surface area (Å²) in [5, 5.41) is 0. The van der Waals surface area contributed by atoms with Crippen LogP contribution in [0.25, 0.3) is 5.57 Å². The summed E-state index contributed by atoms with van der Waals surface area (Å²) in [4.78, 5) is 26.6. The molecule has 0 N–H and O–H groups in total. The highest BCUT2D eigenvalue weighted by atomic mass is 16.5. The number of fused-ring (bicyclic) bond motifs is 2. The number of carbonyl (C=O) groups excluding carboxylic acids is 1. The number of ether oxygens (including phenoxy) is 1. The number of anilines is 2. The molecule has 176 valence electrons. The van der Waals surface area contributed by atoms with E-state index in [1.807, 2.05) is 43.3 Å². The lowest BCUT2D eigenvalue weighted by atomic mass is 9.97. The van der Waals surface area contributed by atoms with Crippen LogP contribution in [0.4, 0.5) is 11.6 Å². The van der Waals surface area contributed by atoms with Crippen LogP contribution >= 0.6 is 0 Å². The van der Waals surface area contributed by atoms with Crippen molar-refractivity contribution in [3.05, 3.63) is 77.7 Å². The second kappa shape index (κ2) is 9.55. The van der Waals surface area contributed by atoms with Crippen molar-refractivity contribution in [3.8, 4) is 0 Å². The summed E-state index contributed by atoms with van der Waals surface area (Å²) in [5.74, 6) is 0.771. The summed E-state index contributed by atoms with van der Waals surface area (Å²) in [6.45, 7) is 7.38. The van der Waals surface area contributed by atoms with Crippen molar-refractivity contribution in [3.63, 3.8) is 0 Å². The minimum absolute atomic E-state index is 0.0733. The second-order valence-electron chi connectivity index (χ2n) is 8.96. The minimum atomic E-state index is 0.0733. The number of morpholine rings is 1. The lowest BCUT2D eigenvalue weighted by Crippen LogP contribution is -2.40. The predicted molar refractivity (Wildman–Crippen MR) is 135 cm³/mol. The molecule has 0 radical (unpaired) electrons. The molecule has 34 heavy (non-hydrogen) atoms. The van der Waals surface area contributed by atoms with Crippen LogP contribution in [0.15, 0.2) is 61.0 Å². The maximum absolute atomic E-state index is 13.1. The van der Waals surface area contributed by atoms with Gasteiger partial charge in [-0.25, -0.2) is 9.97 Å². The van der Waals surface area contributed by atoms with Crippen molar-refractivity contribution in [2.45, 2.75) is 38.5 Å². The number of hydrogen-bond donors (Lipinski definition) is 0. The van der Waals surface area contributed by atoms with E-state index in [0.717, 1.165) is 35.4 Å². The topological polar surface area (TPSA) is 58.6 Å². The van der Waals surface area contributed by atoms with Gasteiger partial charge in [-0.2, -0.15) is 0 Å². The standard InChI is InChI=1S/C26H26N4O2.C2H6/c31-24(29-11-13-32-14-12-29)20-7-8-22-23(15-20)30(18-26(22)9-10-26)25-27-16-21(17-28-25)19-5-3-1-2-4-6-19;1-2/h1,3-8,15-17H,2,9-14,18H2;1-2H3. The number of benzene rings is 1. The molecule has 1 aromatic heterocycles. The van der Waals surface area contributed by atoms with Crippen molar-refractivity contribution in [1.29, 1.82) is 0 Å². The Morgan fingerprint density at radius 3 is 2.56 bits per heavy atom. The van der Waals surface area contributed by atoms with Gasteiger partial charge >= 0.3 is 0 Å². The molecule has 6 heteroatoms. The average Bonchev–Trinajstić information content (AvgIpc) is 3.67. The van der Waals surface area contributed by atoms with Gasteiger partial charge in [-0.1, -0.05) is 50.3 Å². The molecule has 1 saturated heterocycles. The number of allylic oxidation sites excluding steroid dienone is 6. The highest BCUT2D eigenvalue weighted by Gasteiger charge is 2.52. The summed E-state index contributed by atoms with van der Waals surface area (Å²) in [7, 11) is 0. The van der Waals surface area contributed by atoms with E-state index in [4.69, 9.17) is 14.7 Å². The lowest BCUT2D eigenvalue weighted by molar-refractivity contribution is 0.0303. The molecule has 4 aliphatic rings. The summed E-state index contributed by atoms with van der Waals surface area (Å²) in [6, 6.07) is 6.18. The van der Waals surface area contributed by atoms with Gasteiger partial charge in [0.15, 0.2) is 0 Å². The predicted octanol–water partition coefficient (Wildman–Crippen LogP) is 5.06. The van der Waals surface area contributed by atoms with Crippen LogP contribution in [-0.4, -0.2) is 53.6 Å². The Morgan fingerprint density at radius 1 is 1.06 bits per heavy atom. The maximum Gasteiger partial charge on any atom is 0.254 e. The third-order valence-corrected chi connectivity index (χ3v) is 6.91. The third kappa shape index (κ3) is 4.18. The number of aromatic nitrogens is 2. The summed E-state index contributed by atoms with van der Waals surface area (Å²) < 4.78 is 5.40. The second-order valence-corrected chi connectivity index (χ2v) is 8.96. The number of rotatable bonds is 3. The van der Waals surface area contributed by atoms with Crippen molar-refractivity contribution < 1.29 is 9.53 Å². The Kier molecular flexibility index (Phi) is 6.33. The Morgan fingerprint density at radius 2 is 1.82 bits per heavy atom. The molecule has 1 amide bonds. The van der Waals surface area contributed by atoms with Gasteiger partial charge in [-0.05, 0) is 42.5 Å². The van der Waals surface area contributed by atoms with Gasteiger partial charge in [0.2, 0.25) is 5.95 Å². The number of nitrogens with zero attached hydrogens (tertiary/aromatic N) is 4. The minimum Gasteiger partial charge on any atom is -0.378 e. The number of amides is 1. The van der Waals surface area contributed by atoms with E-state index in [2.05, 4.69) is 41.3 Å². The van der Waals surface area contributed by atoms with Gasteiger partial charge in [-0.15, -0.1) is 0 Å². The van der Waals surface area contributed by atoms with Crippen LogP contribution in [0.2, 0.25) is 0 Å². The van der Waals surface area contributed by atoms with Crippen LogP contribution in [0, 0.1) is 0 Å². The Hall–Kier alpha value is -3.25. The first-order valence-electron chi connectivity index (χ1n) is 12.4. The van der Waals surface area contributed by atoms with E-state index in [-0.39, 0.29) is 11.3 Å². The molecule has 1 aromatic carbocycles. The van der Waals surface area contributed by atoms with Gasteiger partial charge in [0.1, 0.15) is 0 Å². The largest absolute Gasteiger partial charge is 0.378 e. The third-order valence-electron chi connectivity index (χ3n) is 6.91. The van der Waals surface area contributed by atoms with Crippen molar-refractivity contribution >= 4 is 23.1 Å². The Bertz CT molecular complexity index is 1140. The molecule has 1 saturated carbocycles. The highest BCUT2D eigenvalue weighted by molar-refractivity contribution is 5.96. The Labute approximate surface area is 201 Å². The molecule has 2 aliphatic heterocycles. The zero-order chi connectivity index (χ0) is 23.5. The van der Waals surface area contributed by atoms with E-state index in [1.54, 1.807) is 0 Å². The molecule has 2 fully saturated rings. The summed E-state index contributed by atoms with van der Waals surface area (Å²) in [6.07, 6.45) is 17.7. The Balaban J connectivity index is 0.00000117. The van der Waals surface area contributed by atoms with Gasteiger partial charge in [0.25, 0.3) is 5.91 Å². The van der Waals surface area contributed by atoms with Crippen molar-refractivity contribution in [2.24, 2.45) is 0 Å². The first-order valence-corrected chi connectivity index (χ1v) is 12.4. The molecule has 6 rings (SSSR count). The first-order chi connectivity index (χ1) is 16.7. The van der Waals surface area contributed by atoms with E-state index in [0.29, 0.717) is 32.3 Å². The molecule has 0 unspecified atom stereocenters. The molecule has 3 heterocycles. The van der Waals surface area contributed by atoms with E-state index in [1.165, 1.54) is 18.4 Å². The molecular weight excluding hydrogens is 424 g/mol. The lowest BCUT2D eigenvalue weighted by Gasteiger charge is -2.27. The van der Waals surface area contributed by atoms with E-state index in [9.17, 15) is 4.79 Å². The van der Waals surface area contributed by atoms with E-state index >= 15 is 0 Å². The molecule has 2 aliphatic carbocycles. The molecule has 2 aromatic rings. The zero-order valence-corrected chi connectivity index (χ0v) is 20.0. The maximum atomic E-state index is 13.1. The van der Waals surface area contributed by atoms with Gasteiger partial charge in [-0.3, -0.25) is 4.79 Å². The number of carbonyl (C=O) groups is 1. The van der Waals surface area contributed by atoms with Crippen LogP contribution in [-0.2, 0) is 10.2 Å². The normalized spacial score (nSPS) is 19.8. The average molecular weight is 457 g/mol. The molecular formula is C28H32N4O2. The summed E-state index contributed by atoms with van der Waals surface area (Å²) in [5.41, 5.74) is 5.44. The highest BCUT2D eigenvalue weighted by Crippen LogP contribution is 2.57. The first kappa shape index (κ1) is 22.5. The molecule has 6 nitrogen and oxygen atoms in total. The van der Waals surface area contributed by atoms with Crippen molar-refractivity contribution in [1.82, 2.24) is 14.9 Å². The van der Waals surface area contributed by atoms with Crippen LogP contribution in [0.1, 0.15) is 54.6 Å². The molecule has 1 spiro atoms. The van der Waals surface area contributed by atoms with Gasteiger partial charge in [0.05, 0.1) is 13.2 Å². The fourth-order valence-electron chi connectivity index (χ4n) is 4.90. The van der Waals surface area contributed by atoms with Crippen LogP contribution in [0.3, 0.4) is 0 Å². The van der Waals surface area contributed by atoms with Gasteiger partial charge < -0.3 is 14.5 Å².